The van der Waals surface area contributed by atoms with Gasteiger partial charge in [0.15, 0.2) is 5.01 Å². The Morgan fingerprint density at radius 3 is 2.22 bits per heavy atom. The molecule has 4 nitrogen and oxygen atoms in total. The van der Waals surface area contributed by atoms with Gasteiger partial charge in [-0.2, -0.15) is 0 Å². The molecule has 0 aromatic heterocycles. The minimum Gasteiger partial charge on any atom is -0.473 e. The molecule has 1 N–H and O–H groups in total. The van der Waals surface area contributed by atoms with Crippen molar-refractivity contribution in [2.45, 2.75) is 11.9 Å². The van der Waals surface area contributed by atoms with Gasteiger partial charge < -0.3 is 9.84 Å². The Bertz CT molecular complexity index is 131. The number of hydrogen-bond donors (Lipinski definition) is 1. The summed E-state index contributed by atoms with van der Waals surface area (Å²) in [6.45, 7) is 1.50. The van der Waals surface area contributed by atoms with E-state index in [9.17, 15) is 9.59 Å². The smallest absolute Gasteiger partial charge is 0.418 e. The van der Waals surface area contributed by atoms with Gasteiger partial charge >= 0.3 is 11.9 Å². The topological polar surface area (TPSA) is 63.6 Å². The summed E-state index contributed by atoms with van der Waals surface area (Å²) in [6.07, 6.45) is 0. The van der Waals surface area contributed by atoms with Crippen LogP contribution in [0.25, 0.3) is 0 Å². The highest BCUT2D eigenvalue weighted by Gasteiger charge is 2.14. The third-order valence-electron chi connectivity index (χ3n) is 0.444. The average molecular weight is 197 g/mol. The van der Waals surface area contributed by atoms with Crippen LogP contribution in [0.5, 0.6) is 0 Å². The minimum absolute atomic E-state index is 0.555. The fourth-order valence-corrected chi connectivity index (χ4v) is 0.368. The number of esters is 1. The van der Waals surface area contributed by atoms with E-state index in [0.717, 1.165) is 0 Å². The predicted molar refractivity (Wildman–Crippen MR) is 32.1 cm³/mol. The third kappa shape index (κ3) is 3.96. The lowest BCUT2D eigenvalue weighted by atomic mass is 10.7. The zero-order chi connectivity index (χ0) is 7.44. The van der Waals surface area contributed by atoms with Crippen LogP contribution in [0.4, 0.5) is 0 Å². The Morgan fingerprint density at radius 2 is 2.11 bits per heavy atom. The highest BCUT2D eigenvalue weighted by molar-refractivity contribution is 9.09. The van der Waals surface area contributed by atoms with Gasteiger partial charge in [0.1, 0.15) is 0 Å². The Hall–Kier alpha value is -0.580. The fourth-order valence-electron chi connectivity index (χ4n) is 0.198. The van der Waals surface area contributed by atoms with Crippen molar-refractivity contribution in [1.82, 2.24) is 0 Å². The van der Waals surface area contributed by atoms with E-state index >= 15 is 0 Å². The van der Waals surface area contributed by atoms with E-state index in [-0.39, 0.29) is 0 Å². The molecular weight excluding hydrogens is 192 g/mol. The molecule has 0 aliphatic rings. The van der Waals surface area contributed by atoms with E-state index in [1.807, 2.05) is 0 Å². The van der Waals surface area contributed by atoms with Crippen molar-refractivity contribution in [2.75, 3.05) is 0 Å². The molecule has 9 heavy (non-hydrogen) atoms. The molecule has 0 rings (SSSR count). The van der Waals surface area contributed by atoms with Crippen molar-refractivity contribution in [1.29, 1.82) is 0 Å². The molecule has 0 saturated heterocycles. The third-order valence-corrected chi connectivity index (χ3v) is 0.631. The maximum absolute atomic E-state index is 10.1. The van der Waals surface area contributed by atoms with Crippen LogP contribution in [0.2, 0.25) is 0 Å². The summed E-state index contributed by atoms with van der Waals surface area (Å²) in [5.41, 5.74) is 0. The molecule has 0 fully saturated rings. The predicted octanol–water partition coefficient (Wildman–Crippen LogP) is 0.355. The van der Waals surface area contributed by atoms with Crippen LogP contribution in [-0.4, -0.2) is 22.1 Å². The number of hydrogen-bond acceptors (Lipinski definition) is 3. The number of carboxylic acid groups (broad SMARTS) is 1. The van der Waals surface area contributed by atoms with E-state index in [4.69, 9.17) is 5.11 Å². The van der Waals surface area contributed by atoms with Gasteiger partial charge in [0.2, 0.25) is 0 Å². The normalized spacial score (nSPS) is 12.2. The maximum atomic E-state index is 10.1. The Kier molecular flexibility index (Phi) is 3.22. The summed E-state index contributed by atoms with van der Waals surface area (Å²) in [5, 5.41) is 7.38. The van der Waals surface area contributed by atoms with Crippen LogP contribution < -0.4 is 0 Å². The molecule has 5 heteroatoms. The summed E-state index contributed by atoms with van der Waals surface area (Å²) in [5.74, 6) is -2.83. The molecule has 0 heterocycles. The second kappa shape index (κ2) is 3.45. The Morgan fingerprint density at radius 1 is 1.67 bits per heavy atom. The van der Waals surface area contributed by atoms with E-state index in [2.05, 4.69) is 20.7 Å². The molecule has 0 spiro atoms. The molecule has 0 aliphatic heterocycles. The molecule has 0 saturated carbocycles. The van der Waals surface area contributed by atoms with Gasteiger partial charge in [-0.15, -0.1) is 0 Å². The SMILES string of the molecule is CC(Br)OC(=O)C(=O)O. The van der Waals surface area contributed by atoms with Crippen LogP contribution in [0.3, 0.4) is 0 Å². The summed E-state index contributed by atoms with van der Waals surface area (Å²) in [6, 6.07) is 0. The second-order valence-corrected chi connectivity index (χ2v) is 2.54. The summed E-state index contributed by atoms with van der Waals surface area (Å²) in [4.78, 5) is 19.8. The van der Waals surface area contributed by atoms with E-state index in [1.54, 1.807) is 0 Å². The van der Waals surface area contributed by atoms with Gasteiger partial charge in [-0.05, 0) is 22.9 Å². The average Bonchev–Trinajstić information content (AvgIpc) is 1.63. The summed E-state index contributed by atoms with van der Waals surface area (Å²) < 4.78 is 4.19. The zero-order valence-corrected chi connectivity index (χ0v) is 6.21. The monoisotopic (exact) mass is 196 g/mol. The molecule has 0 bridgehead atoms. The highest BCUT2D eigenvalue weighted by Crippen LogP contribution is 1.98. The number of carbonyl (C=O) groups is 2. The molecule has 0 radical (unpaired) electrons. The molecule has 1 atom stereocenters. The number of halogens is 1. The maximum Gasteiger partial charge on any atom is 0.418 e. The second-order valence-electron chi connectivity index (χ2n) is 1.25. The molecule has 0 aromatic carbocycles. The van der Waals surface area contributed by atoms with Crippen LogP contribution in [0.1, 0.15) is 6.92 Å². The van der Waals surface area contributed by atoms with Crippen molar-refractivity contribution in [3.05, 3.63) is 0 Å². The van der Waals surface area contributed by atoms with Crippen molar-refractivity contribution in [3.63, 3.8) is 0 Å². The first-order valence-electron chi connectivity index (χ1n) is 2.12. The van der Waals surface area contributed by atoms with Crippen LogP contribution >= 0.6 is 15.9 Å². The number of alkyl halides is 1. The van der Waals surface area contributed by atoms with Gasteiger partial charge in [-0.25, -0.2) is 9.59 Å². The number of carbonyl (C=O) groups excluding carboxylic acids is 1. The van der Waals surface area contributed by atoms with E-state index in [1.165, 1.54) is 6.92 Å². The van der Waals surface area contributed by atoms with Crippen molar-refractivity contribution >= 4 is 27.9 Å². The van der Waals surface area contributed by atoms with E-state index < -0.39 is 17.0 Å². The lowest BCUT2D eigenvalue weighted by Crippen LogP contribution is -2.18. The number of aliphatic carboxylic acids is 1. The Balaban J connectivity index is 3.65. The molecule has 1 unspecified atom stereocenters. The summed E-state index contributed by atoms with van der Waals surface area (Å²) >= 11 is 2.84. The van der Waals surface area contributed by atoms with Gasteiger partial charge in [-0.1, -0.05) is 0 Å². The van der Waals surface area contributed by atoms with Crippen LogP contribution in [-0.2, 0) is 14.3 Å². The van der Waals surface area contributed by atoms with Crippen LogP contribution in [0, 0.1) is 0 Å². The van der Waals surface area contributed by atoms with Gasteiger partial charge in [-0.3, -0.25) is 0 Å². The lowest BCUT2D eigenvalue weighted by molar-refractivity contribution is -0.164. The largest absolute Gasteiger partial charge is 0.473 e. The van der Waals surface area contributed by atoms with Crippen molar-refractivity contribution < 1.29 is 19.4 Å². The first-order chi connectivity index (χ1) is 4.04. The van der Waals surface area contributed by atoms with Gasteiger partial charge in [0.25, 0.3) is 0 Å². The first-order valence-corrected chi connectivity index (χ1v) is 3.03. The molecular formula is C4H5BrO4. The number of ether oxygens (including phenoxy) is 1. The van der Waals surface area contributed by atoms with Gasteiger partial charge in [0, 0.05) is 0 Å². The van der Waals surface area contributed by atoms with E-state index in [0.29, 0.717) is 0 Å². The minimum atomic E-state index is -1.58. The number of rotatable bonds is 1. The molecule has 52 valence electrons. The lowest BCUT2D eigenvalue weighted by Gasteiger charge is -2.00. The Labute approximate surface area is 59.9 Å². The quantitative estimate of drug-likeness (QED) is 0.374. The van der Waals surface area contributed by atoms with Gasteiger partial charge in [0.05, 0.1) is 0 Å². The molecule has 0 aliphatic carbocycles. The van der Waals surface area contributed by atoms with Crippen LogP contribution in [0.15, 0.2) is 0 Å². The standard InChI is InChI=1S/C4H5BrO4/c1-2(5)9-4(8)3(6)7/h2H,1H3,(H,6,7). The summed E-state index contributed by atoms with van der Waals surface area (Å²) in [7, 11) is 0. The molecule has 0 aromatic rings. The van der Waals surface area contributed by atoms with Crippen molar-refractivity contribution in [3.8, 4) is 0 Å². The van der Waals surface area contributed by atoms with Crippen molar-refractivity contribution in [2.24, 2.45) is 0 Å². The number of carboxylic acids is 1. The zero-order valence-electron chi connectivity index (χ0n) is 4.63. The highest BCUT2D eigenvalue weighted by atomic mass is 79.9. The first kappa shape index (κ1) is 8.42. The molecule has 0 amide bonds. The fraction of sp³-hybridized carbons (Fsp3) is 0.500.